The van der Waals surface area contributed by atoms with Crippen LogP contribution in [-0.2, 0) is 0 Å². The topological polar surface area (TPSA) is 28.2 Å². The zero-order valence-corrected chi connectivity index (χ0v) is 10.2. The number of nitrogens with one attached hydrogen (secondary N) is 1. The number of pyridine rings is 1. The predicted molar refractivity (Wildman–Crippen MR) is 67.6 cm³/mol. The maximum Gasteiger partial charge on any atom is 0.126 e. The van der Waals surface area contributed by atoms with Crippen LogP contribution in [0.5, 0.6) is 0 Å². The molecule has 1 aromatic rings. The van der Waals surface area contributed by atoms with E-state index < -0.39 is 0 Å². The second kappa shape index (κ2) is 5.30. The van der Waals surface area contributed by atoms with Crippen LogP contribution in [0, 0.1) is 0 Å². The lowest BCUT2D eigenvalue weighted by molar-refractivity contribution is 0.211. The van der Waals surface area contributed by atoms with Crippen LogP contribution >= 0.6 is 0 Å². The summed E-state index contributed by atoms with van der Waals surface area (Å²) in [6.07, 6.45) is 7.06. The Labute approximate surface area is 97.9 Å². The first-order chi connectivity index (χ1) is 7.77. The predicted octanol–water partition coefficient (Wildman–Crippen LogP) is 2.37. The first kappa shape index (κ1) is 11.4. The Morgan fingerprint density at radius 3 is 2.75 bits per heavy atom. The van der Waals surface area contributed by atoms with Crippen LogP contribution in [-0.4, -0.2) is 36.1 Å². The van der Waals surface area contributed by atoms with Gasteiger partial charge in [-0.3, -0.25) is 0 Å². The summed E-state index contributed by atoms with van der Waals surface area (Å²) in [6.45, 7) is 0. The van der Waals surface area contributed by atoms with Gasteiger partial charge in [0.05, 0.1) is 0 Å². The van der Waals surface area contributed by atoms with E-state index >= 15 is 0 Å². The van der Waals surface area contributed by atoms with Gasteiger partial charge in [0, 0.05) is 18.3 Å². The summed E-state index contributed by atoms with van der Waals surface area (Å²) in [4.78, 5) is 6.67. The highest BCUT2D eigenvalue weighted by Gasteiger charge is 2.26. The summed E-state index contributed by atoms with van der Waals surface area (Å²) in [5.74, 6) is 1.00. The molecule has 1 aliphatic carbocycles. The Kier molecular flexibility index (Phi) is 3.78. The van der Waals surface area contributed by atoms with Crippen molar-refractivity contribution in [3.8, 4) is 0 Å². The fourth-order valence-electron chi connectivity index (χ4n) is 2.54. The molecule has 16 heavy (non-hydrogen) atoms. The Morgan fingerprint density at radius 1 is 1.25 bits per heavy atom. The van der Waals surface area contributed by atoms with Crippen LogP contribution < -0.4 is 5.32 Å². The van der Waals surface area contributed by atoms with Gasteiger partial charge in [-0.1, -0.05) is 18.9 Å². The molecule has 2 unspecified atom stereocenters. The van der Waals surface area contributed by atoms with Crippen LogP contribution in [0.2, 0.25) is 0 Å². The smallest absolute Gasteiger partial charge is 0.126 e. The highest BCUT2D eigenvalue weighted by Crippen LogP contribution is 2.24. The Hall–Kier alpha value is -1.09. The molecule has 3 heteroatoms. The van der Waals surface area contributed by atoms with Gasteiger partial charge in [-0.2, -0.15) is 0 Å². The minimum Gasteiger partial charge on any atom is -0.366 e. The van der Waals surface area contributed by atoms with E-state index in [1.54, 1.807) is 0 Å². The van der Waals surface area contributed by atoms with E-state index in [1.807, 2.05) is 24.4 Å². The first-order valence-electron chi connectivity index (χ1n) is 6.11. The largest absolute Gasteiger partial charge is 0.366 e. The number of hydrogen-bond acceptors (Lipinski definition) is 3. The molecule has 1 aliphatic rings. The van der Waals surface area contributed by atoms with Crippen LogP contribution in [0.1, 0.15) is 25.7 Å². The van der Waals surface area contributed by atoms with E-state index in [9.17, 15) is 0 Å². The van der Waals surface area contributed by atoms with Crippen molar-refractivity contribution in [2.75, 3.05) is 19.4 Å². The number of likely N-dealkylation sites (N-methyl/N-ethyl adjacent to an activating group) is 1. The lowest BCUT2D eigenvalue weighted by atomic mass is 9.89. The quantitative estimate of drug-likeness (QED) is 0.846. The van der Waals surface area contributed by atoms with Gasteiger partial charge in [0.25, 0.3) is 0 Å². The zero-order chi connectivity index (χ0) is 11.4. The van der Waals surface area contributed by atoms with Gasteiger partial charge < -0.3 is 10.2 Å². The number of nitrogens with zero attached hydrogens (tertiary/aromatic N) is 2. The first-order valence-corrected chi connectivity index (χ1v) is 6.11. The molecule has 0 aliphatic heterocycles. The molecule has 2 rings (SSSR count). The molecular formula is C13H21N3. The standard InChI is InChI=1S/C13H21N3/c1-16(2)12-8-4-3-7-11(12)15-13-9-5-6-10-14-13/h5-6,9-12H,3-4,7-8H2,1-2H3,(H,14,15). The van der Waals surface area contributed by atoms with Crippen molar-refractivity contribution in [3.05, 3.63) is 24.4 Å². The number of aromatic nitrogens is 1. The molecule has 1 N–H and O–H groups in total. The highest BCUT2D eigenvalue weighted by atomic mass is 15.2. The molecule has 0 bridgehead atoms. The third-order valence-electron chi connectivity index (χ3n) is 3.39. The van der Waals surface area contributed by atoms with Crippen molar-refractivity contribution < 1.29 is 0 Å². The molecule has 0 radical (unpaired) electrons. The second-order valence-corrected chi connectivity index (χ2v) is 4.78. The van der Waals surface area contributed by atoms with Crippen molar-refractivity contribution in [1.82, 2.24) is 9.88 Å². The van der Waals surface area contributed by atoms with Crippen molar-refractivity contribution in [2.24, 2.45) is 0 Å². The molecule has 1 saturated carbocycles. The van der Waals surface area contributed by atoms with Gasteiger partial charge in [0.15, 0.2) is 0 Å². The van der Waals surface area contributed by atoms with Crippen molar-refractivity contribution in [2.45, 2.75) is 37.8 Å². The minimum atomic E-state index is 0.540. The third kappa shape index (κ3) is 2.73. The van der Waals surface area contributed by atoms with Crippen LogP contribution in [0.15, 0.2) is 24.4 Å². The molecule has 0 saturated heterocycles. The fraction of sp³-hybridized carbons (Fsp3) is 0.615. The summed E-state index contributed by atoms with van der Waals surface area (Å²) in [5, 5.41) is 3.56. The molecule has 1 heterocycles. The van der Waals surface area contributed by atoms with Crippen molar-refractivity contribution >= 4 is 5.82 Å². The summed E-state index contributed by atoms with van der Waals surface area (Å²) in [7, 11) is 4.34. The molecule has 0 aromatic carbocycles. The van der Waals surface area contributed by atoms with Gasteiger partial charge >= 0.3 is 0 Å². The molecule has 2 atom stereocenters. The van der Waals surface area contributed by atoms with Gasteiger partial charge in [-0.05, 0) is 39.1 Å². The van der Waals surface area contributed by atoms with E-state index in [2.05, 4.69) is 29.3 Å². The average molecular weight is 219 g/mol. The molecule has 3 nitrogen and oxygen atoms in total. The van der Waals surface area contributed by atoms with Gasteiger partial charge in [-0.15, -0.1) is 0 Å². The summed E-state index contributed by atoms with van der Waals surface area (Å²) in [6, 6.07) is 7.20. The number of rotatable bonds is 3. The van der Waals surface area contributed by atoms with Crippen molar-refractivity contribution in [3.63, 3.8) is 0 Å². The minimum absolute atomic E-state index is 0.540. The van der Waals surface area contributed by atoms with E-state index in [0.717, 1.165) is 5.82 Å². The Balaban J connectivity index is 2.01. The third-order valence-corrected chi connectivity index (χ3v) is 3.39. The number of hydrogen-bond donors (Lipinski definition) is 1. The van der Waals surface area contributed by atoms with E-state index in [-0.39, 0.29) is 0 Å². The number of anilines is 1. The molecule has 0 amide bonds. The van der Waals surface area contributed by atoms with E-state index in [4.69, 9.17) is 0 Å². The molecular weight excluding hydrogens is 198 g/mol. The Bertz CT molecular complexity index is 310. The average Bonchev–Trinajstić information content (AvgIpc) is 2.31. The summed E-state index contributed by atoms with van der Waals surface area (Å²) < 4.78 is 0. The molecule has 0 spiro atoms. The fourth-order valence-corrected chi connectivity index (χ4v) is 2.54. The molecule has 1 fully saturated rings. The monoisotopic (exact) mass is 219 g/mol. The van der Waals surface area contributed by atoms with Crippen molar-refractivity contribution in [1.29, 1.82) is 0 Å². The summed E-state index contributed by atoms with van der Waals surface area (Å²) in [5.41, 5.74) is 0. The lowest BCUT2D eigenvalue weighted by Gasteiger charge is -2.36. The molecule has 1 aromatic heterocycles. The van der Waals surface area contributed by atoms with Gasteiger partial charge in [0.2, 0.25) is 0 Å². The van der Waals surface area contributed by atoms with Crippen LogP contribution in [0.4, 0.5) is 5.82 Å². The van der Waals surface area contributed by atoms with E-state index in [1.165, 1.54) is 25.7 Å². The van der Waals surface area contributed by atoms with Crippen LogP contribution in [0.25, 0.3) is 0 Å². The highest BCUT2D eigenvalue weighted by molar-refractivity contribution is 5.35. The molecule has 88 valence electrons. The maximum atomic E-state index is 4.34. The maximum absolute atomic E-state index is 4.34. The normalized spacial score (nSPS) is 25.7. The SMILES string of the molecule is CN(C)C1CCCCC1Nc1ccccn1. The lowest BCUT2D eigenvalue weighted by Crippen LogP contribution is -2.45. The zero-order valence-electron chi connectivity index (χ0n) is 10.2. The Morgan fingerprint density at radius 2 is 2.06 bits per heavy atom. The van der Waals surface area contributed by atoms with E-state index in [0.29, 0.717) is 12.1 Å². The van der Waals surface area contributed by atoms with Crippen LogP contribution in [0.3, 0.4) is 0 Å². The second-order valence-electron chi connectivity index (χ2n) is 4.78. The van der Waals surface area contributed by atoms with Gasteiger partial charge in [0.1, 0.15) is 5.82 Å². The van der Waals surface area contributed by atoms with Gasteiger partial charge in [-0.25, -0.2) is 4.98 Å². The summed E-state index contributed by atoms with van der Waals surface area (Å²) >= 11 is 0.